The Morgan fingerprint density at radius 3 is 2.32 bits per heavy atom. The van der Waals surface area contributed by atoms with Crippen LogP contribution in [0.1, 0.15) is 18.1 Å². The number of hydrogen-bond donors (Lipinski definition) is 2. The second-order valence-corrected chi connectivity index (χ2v) is 4.84. The summed E-state index contributed by atoms with van der Waals surface area (Å²) in [4.78, 5) is 23.9. The molecule has 0 aliphatic rings. The Morgan fingerprint density at radius 1 is 1.05 bits per heavy atom. The van der Waals surface area contributed by atoms with Crippen LogP contribution in [0.5, 0.6) is 5.75 Å². The number of phenolic OH excluding ortho intramolecular Hbond substituents is 1. The largest absolute Gasteiger partial charge is 0.507 e. The van der Waals surface area contributed by atoms with Crippen LogP contribution in [0.4, 0.5) is 0 Å². The van der Waals surface area contributed by atoms with E-state index < -0.39 is 5.91 Å². The number of amides is 1. The molecule has 0 saturated carbocycles. The Balaban J connectivity index is 2.16. The zero-order valence-corrected chi connectivity index (χ0v) is 12.2. The van der Waals surface area contributed by atoms with E-state index in [0.29, 0.717) is 12.1 Å². The fourth-order valence-electron chi connectivity index (χ4n) is 1.97. The summed E-state index contributed by atoms with van der Waals surface area (Å²) >= 11 is 0. The van der Waals surface area contributed by atoms with Crippen molar-refractivity contribution >= 4 is 17.8 Å². The van der Waals surface area contributed by atoms with Gasteiger partial charge in [0.25, 0.3) is 5.91 Å². The fraction of sp³-hybridized carbons (Fsp3) is 0.111. The monoisotopic (exact) mass is 295 g/mol. The lowest BCUT2D eigenvalue weighted by Gasteiger charge is -2.07. The molecule has 0 radical (unpaired) electrons. The molecule has 4 heteroatoms. The number of carbonyl (C=O) groups is 2. The van der Waals surface area contributed by atoms with E-state index >= 15 is 0 Å². The highest BCUT2D eigenvalue weighted by atomic mass is 16.3. The number of carbonyl (C=O) groups excluding carboxylic acids is 2. The van der Waals surface area contributed by atoms with Crippen molar-refractivity contribution in [2.45, 2.75) is 13.5 Å². The zero-order valence-electron chi connectivity index (χ0n) is 12.2. The first-order chi connectivity index (χ1) is 10.6. The molecule has 0 aromatic heterocycles. The molecular weight excluding hydrogens is 278 g/mol. The minimum Gasteiger partial charge on any atom is -0.507 e. The van der Waals surface area contributed by atoms with Crippen molar-refractivity contribution < 1.29 is 14.7 Å². The van der Waals surface area contributed by atoms with Gasteiger partial charge in [-0.25, -0.2) is 0 Å². The number of ketones is 1. The highest BCUT2D eigenvalue weighted by Crippen LogP contribution is 2.19. The second kappa shape index (κ2) is 7.22. The molecule has 0 atom stereocenters. The number of aromatic hydroxyl groups is 1. The molecule has 4 nitrogen and oxygen atoms in total. The van der Waals surface area contributed by atoms with Crippen molar-refractivity contribution in [1.29, 1.82) is 0 Å². The molecule has 1 amide bonds. The van der Waals surface area contributed by atoms with Crippen LogP contribution in [-0.4, -0.2) is 16.8 Å². The van der Waals surface area contributed by atoms with Gasteiger partial charge < -0.3 is 10.4 Å². The maximum Gasteiger partial charge on any atom is 0.255 e. The third-order valence-corrected chi connectivity index (χ3v) is 3.16. The first-order valence-corrected chi connectivity index (χ1v) is 6.90. The minimum atomic E-state index is -0.459. The first kappa shape index (κ1) is 15.5. The average molecular weight is 295 g/mol. The summed E-state index contributed by atoms with van der Waals surface area (Å²) in [6, 6.07) is 16.0. The van der Waals surface area contributed by atoms with E-state index in [4.69, 9.17) is 0 Å². The normalized spacial score (nSPS) is 11.0. The summed E-state index contributed by atoms with van der Waals surface area (Å²) < 4.78 is 0. The van der Waals surface area contributed by atoms with Gasteiger partial charge in [0.2, 0.25) is 0 Å². The van der Waals surface area contributed by atoms with Crippen LogP contribution < -0.4 is 5.32 Å². The standard InChI is InChI=1S/C18H17NO3/c1-13(20)16(11-15-9-5-6-10-17(15)21)18(22)19-12-14-7-3-2-4-8-14/h2-11,21H,12H2,1H3,(H,19,22). The number of Topliss-reactive ketones (excluding diaryl/α,β-unsaturated/α-hetero) is 1. The summed E-state index contributed by atoms with van der Waals surface area (Å²) in [6.07, 6.45) is 1.40. The van der Waals surface area contributed by atoms with Crippen molar-refractivity contribution in [3.63, 3.8) is 0 Å². The van der Waals surface area contributed by atoms with Crippen molar-refractivity contribution in [3.8, 4) is 5.75 Å². The van der Waals surface area contributed by atoms with Gasteiger partial charge in [-0.05, 0) is 24.6 Å². The molecule has 2 N–H and O–H groups in total. The molecular formula is C18H17NO3. The third-order valence-electron chi connectivity index (χ3n) is 3.16. The molecule has 0 aliphatic carbocycles. The molecule has 0 fully saturated rings. The maximum atomic E-state index is 12.2. The lowest BCUT2D eigenvalue weighted by Crippen LogP contribution is -2.27. The summed E-state index contributed by atoms with van der Waals surface area (Å²) in [5.41, 5.74) is 1.39. The number of nitrogens with one attached hydrogen (secondary N) is 1. The molecule has 112 valence electrons. The molecule has 2 rings (SSSR count). The molecule has 22 heavy (non-hydrogen) atoms. The molecule has 0 spiro atoms. The predicted octanol–water partition coefficient (Wildman–Crippen LogP) is 2.68. The summed E-state index contributed by atoms with van der Waals surface area (Å²) in [5, 5.41) is 12.5. The van der Waals surface area contributed by atoms with Gasteiger partial charge in [-0.3, -0.25) is 9.59 Å². The summed E-state index contributed by atoms with van der Waals surface area (Å²) in [7, 11) is 0. The topological polar surface area (TPSA) is 66.4 Å². The van der Waals surface area contributed by atoms with Crippen molar-refractivity contribution in [2.75, 3.05) is 0 Å². The SMILES string of the molecule is CC(=O)C(=Cc1ccccc1O)C(=O)NCc1ccccc1. The van der Waals surface area contributed by atoms with Crippen LogP contribution in [-0.2, 0) is 16.1 Å². The van der Waals surface area contributed by atoms with Crippen molar-refractivity contribution in [2.24, 2.45) is 0 Å². The Bertz CT molecular complexity index is 705. The van der Waals surface area contributed by atoms with E-state index in [2.05, 4.69) is 5.32 Å². The molecule has 0 aliphatic heterocycles. The lowest BCUT2D eigenvalue weighted by molar-refractivity contribution is -0.121. The molecule has 0 unspecified atom stereocenters. The third kappa shape index (κ3) is 4.06. The van der Waals surface area contributed by atoms with Gasteiger partial charge in [-0.1, -0.05) is 48.5 Å². The quantitative estimate of drug-likeness (QED) is 0.506. The van der Waals surface area contributed by atoms with Crippen LogP contribution in [0.25, 0.3) is 6.08 Å². The number of hydrogen-bond acceptors (Lipinski definition) is 3. The molecule has 0 heterocycles. The minimum absolute atomic E-state index is 0.0115. The molecule has 2 aromatic rings. The van der Waals surface area contributed by atoms with E-state index in [-0.39, 0.29) is 17.1 Å². The molecule has 0 bridgehead atoms. The van der Waals surface area contributed by atoms with E-state index in [9.17, 15) is 14.7 Å². The van der Waals surface area contributed by atoms with E-state index in [0.717, 1.165) is 5.56 Å². The first-order valence-electron chi connectivity index (χ1n) is 6.90. The predicted molar refractivity (Wildman–Crippen MR) is 85.1 cm³/mol. The smallest absolute Gasteiger partial charge is 0.255 e. The zero-order chi connectivity index (χ0) is 15.9. The van der Waals surface area contributed by atoms with Crippen LogP contribution in [0.2, 0.25) is 0 Å². The Morgan fingerprint density at radius 2 is 1.68 bits per heavy atom. The second-order valence-electron chi connectivity index (χ2n) is 4.84. The van der Waals surface area contributed by atoms with Gasteiger partial charge in [0.05, 0.1) is 5.57 Å². The number of phenols is 1. The van der Waals surface area contributed by atoms with Crippen LogP contribution in [0, 0.1) is 0 Å². The summed E-state index contributed by atoms with van der Waals surface area (Å²) in [5.74, 6) is -0.787. The van der Waals surface area contributed by atoms with E-state index in [1.807, 2.05) is 30.3 Å². The van der Waals surface area contributed by atoms with Crippen LogP contribution in [0.3, 0.4) is 0 Å². The number of benzene rings is 2. The average Bonchev–Trinajstić information content (AvgIpc) is 2.52. The highest BCUT2D eigenvalue weighted by molar-refractivity contribution is 6.21. The van der Waals surface area contributed by atoms with Crippen LogP contribution in [0.15, 0.2) is 60.2 Å². The van der Waals surface area contributed by atoms with Gasteiger partial charge in [-0.2, -0.15) is 0 Å². The van der Waals surface area contributed by atoms with E-state index in [1.165, 1.54) is 19.1 Å². The Kier molecular flexibility index (Phi) is 5.09. The van der Waals surface area contributed by atoms with Gasteiger partial charge in [0.1, 0.15) is 5.75 Å². The van der Waals surface area contributed by atoms with Gasteiger partial charge in [0.15, 0.2) is 5.78 Å². The number of rotatable bonds is 5. The molecule has 0 saturated heterocycles. The van der Waals surface area contributed by atoms with Gasteiger partial charge in [-0.15, -0.1) is 0 Å². The summed E-state index contributed by atoms with van der Waals surface area (Å²) in [6.45, 7) is 1.67. The fourth-order valence-corrected chi connectivity index (χ4v) is 1.97. The van der Waals surface area contributed by atoms with E-state index in [1.54, 1.807) is 18.2 Å². The molecule has 2 aromatic carbocycles. The van der Waals surface area contributed by atoms with Crippen molar-refractivity contribution in [3.05, 3.63) is 71.3 Å². The highest BCUT2D eigenvalue weighted by Gasteiger charge is 2.15. The number of para-hydroxylation sites is 1. The van der Waals surface area contributed by atoms with Crippen molar-refractivity contribution in [1.82, 2.24) is 5.32 Å². The lowest BCUT2D eigenvalue weighted by atomic mass is 10.1. The van der Waals surface area contributed by atoms with Crippen LogP contribution >= 0.6 is 0 Å². The Hall–Kier alpha value is -2.88. The maximum absolute atomic E-state index is 12.2. The van der Waals surface area contributed by atoms with Gasteiger partial charge >= 0.3 is 0 Å². The Labute approximate surface area is 129 Å². The van der Waals surface area contributed by atoms with Gasteiger partial charge in [0, 0.05) is 12.1 Å².